The Kier molecular flexibility index (Phi) is 8.59. The lowest BCUT2D eigenvalue weighted by Crippen LogP contribution is -2.31. The maximum atomic E-state index is 13.5. The molecule has 1 N–H and O–H groups in total. The van der Waals surface area contributed by atoms with Gasteiger partial charge in [0.15, 0.2) is 6.61 Å². The smallest absolute Gasteiger partial charge is 0.339 e. The Morgan fingerprint density at radius 1 is 1.05 bits per heavy atom. The number of rotatable bonds is 9. The first kappa shape index (κ1) is 29.3. The second-order valence-electron chi connectivity index (χ2n) is 11.2. The van der Waals surface area contributed by atoms with E-state index in [1.54, 1.807) is 24.3 Å². The number of esters is 1. The molecule has 0 aliphatic heterocycles. The van der Waals surface area contributed by atoms with E-state index in [4.69, 9.17) is 9.72 Å². The summed E-state index contributed by atoms with van der Waals surface area (Å²) in [6.45, 7) is 6.35. The van der Waals surface area contributed by atoms with Crippen LogP contribution < -0.4 is 5.32 Å². The van der Waals surface area contributed by atoms with Gasteiger partial charge in [-0.3, -0.25) is 19.9 Å². The number of non-ortho nitro benzene ring substituents is 1. The van der Waals surface area contributed by atoms with Gasteiger partial charge in [-0.25, -0.2) is 4.79 Å². The molecule has 1 unspecified atom stereocenters. The lowest BCUT2D eigenvalue weighted by Gasteiger charge is -2.37. The van der Waals surface area contributed by atoms with Gasteiger partial charge in [-0.15, -0.1) is 0 Å². The molecule has 0 spiro atoms. The maximum absolute atomic E-state index is 13.5. The number of aryl methyl sites for hydroxylation is 1. The highest BCUT2D eigenvalue weighted by Gasteiger charge is 2.34. The summed E-state index contributed by atoms with van der Waals surface area (Å²) in [4.78, 5) is 43.3. The van der Waals surface area contributed by atoms with E-state index in [9.17, 15) is 19.7 Å². The summed E-state index contributed by atoms with van der Waals surface area (Å²) < 4.78 is 5.58. The molecule has 216 valence electrons. The van der Waals surface area contributed by atoms with Gasteiger partial charge in [0, 0.05) is 38.7 Å². The maximum Gasteiger partial charge on any atom is 0.339 e. The molecule has 1 aromatic heterocycles. The first-order chi connectivity index (χ1) is 20.1. The molecule has 0 saturated carbocycles. The van der Waals surface area contributed by atoms with Gasteiger partial charge in [-0.2, -0.15) is 0 Å². The van der Waals surface area contributed by atoms with Crippen molar-refractivity contribution in [2.75, 3.05) is 11.9 Å². The van der Waals surface area contributed by atoms with Crippen LogP contribution in [0.5, 0.6) is 0 Å². The number of nitrogens with zero attached hydrogens (tertiary/aromatic N) is 2. The summed E-state index contributed by atoms with van der Waals surface area (Å²) in [7, 11) is 0. The van der Waals surface area contributed by atoms with Crippen LogP contribution in [0.15, 0.2) is 82.6 Å². The average Bonchev–Trinajstić information content (AvgIpc) is 2.99. The van der Waals surface area contributed by atoms with Gasteiger partial charge in [0.2, 0.25) is 0 Å². The van der Waals surface area contributed by atoms with Gasteiger partial charge >= 0.3 is 5.97 Å². The second-order valence-corrected chi connectivity index (χ2v) is 12.4. The fourth-order valence-electron chi connectivity index (χ4n) is 5.36. The van der Waals surface area contributed by atoms with Gasteiger partial charge < -0.3 is 10.1 Å². The number of benzene rings is 3. The number of nitrogens with one attached hydrogen (secondary N) is 1. The van der Waals surface area contributed by atoms with E-state index in [1.165, 1.54) is 23.9 Å². The van der Waals surface area contributed by atoms with E-state index in [0.29, 0.717) is 17.2 Å². The van der Waals surface area contributed by atoms with Gasteiger partial charge in [0.1, 0.15) is 0 Å². The zero-order valence-electron chi connectivity index (χ0n) is 23.9. The predicted molar refractivity (Wildman–Crippen MR) is 164 cm³/mol. The van der Waals surface area contributed by atoms with Crippen LogP contribution in [0.1, 0.15) is 55.2 Å². The Bertz CT molecular complexity index is 1630. The van der Waals surface area contributed by atoms with Crippen molar-refractivity contribution in [2.45, 2.75) is 56.2 Å². The Labute approximate surface area is 249 Å². The summed E-state index contributed by atoms with van der Waals surface area (Å²) in [6.07, 6.45) is 3.65. The van der Waals surface area contributed by atoms with E-state index in [2.05, 4.69) is 26.1 Å². The van der Waals surface area contributed by atoms with Crippen molar-refractivity contribution >= 4 is 45.9 Å². The van der Waals surface area contributed by atoms with Crippen LogP contribution in [0.25, 0.3) is 10.9 Å². The summed E-state index contributed by atoms with van der Waals surface area (Å²) in [6, 6.07) is 21.1. The fourth-order valence-corrected chi connectivity index (χ4v) is 6.17. The van der Waals surface area contributed by atoms with Crippen LogP contribution in [0.3, 0.4) is 0 Å². The first-order valence-corrected chi connectivity index (χ1v) is 14.9. The molecule has 1 amide bonds. The van der Waals surface area contributed by atoms with Crippen LogP contribution in [-0.4, -0.2) is 28.4 Å². The quantitative estimate of drug-likeness (QED) is 0.122. The molecule has 0 radical (unpaired) electrons. The average molecular weight is 584 g/mol. The van der Waals surface area contributed by atoms with Gasteiger partial charge in [-0.1, -0.05) is 57.2 Å². The van der Waals surface area contributed by atoms with Crippen LogP contribution in [0.4, 0.5) is 11.4 Å². The van der Waals surface area contributed by atoms with Crippen LogP contribution >= 0.6 is 11.8 Å². The standard InChI is InChI=1S/C33H33N3O5S/c1-4-33(2,3)21-9-18-29-27(19-21)31(26-7-5-6-8-28(26)35-29)32(38)41-20-30(37)34-22-10-14-24(15-11-22)42-25-16-12-23(13-17-25)36(39)40/h5-8,10-17,21H,4,9,18-20H2,1-3H3,(H,34,37). The molecule has 1 aliphatic rings. The molecular weight excluding hydrogens is 550 g/mol. The van der Waals surface area contributed by atoms with Crippen LogP contribution in [-0.2, 0) is 22.4 Å². The molecule has 1 atom stereocenters. The summed E-state index contributed by atoms with van der Waals surface area (Å²) in [5.74, 6) is -0.518. The number of anilines is 1. The molecule has 42 heavy (non-hydrogen) atoms. The van der Waals surface area contributed by atoms with Crippen molar-refractivity contribution in [3.63, 3.8) is 0 Å². The molecule has 1 heterocycles. The highest BCUT2D eigenvalue weighted by atomic mass is 32.2. The zero-order valence-corrected chi connectivity index (χ0v) is 24.7. The minimum Gasteiger partial charge on any atom is -0.452 e. The number of fused-ring (bicyclic) bond motifs is 2. The molecule has 4 aromatic rings. The summed E-state index contributed by atoms with van der Waals surface area (Å²) in [5, 5.41) is 14.4. The van der Waals surface area contributed by atoms with Crippen molar-refractivity contribution in [1.82, 2.24) is 4.98 Å². The van der Waals surface area contributed by atoms with E-state index in [0.717, 1.165) is 57.6 Å². The number of nitro groups is 1. The Morgan fingerprint density at radius 3 is 2.38 bits per heavy atom. The van der Waals surface area contributed by atoms with Gasteiger partial charge in [0.05, 0.1) is 16.0 Å². The lowest BCUT2D eigenvalue weighted by atomic mass is 9.68. The number of para-hydroxylation sites is 1. The monoisotopic (exact) mass is 583 g/mol. The number of hydrogen-bond donors (Lipinski definition) is 1. The van der Waals surface area contributed by atoms with Crippen molar-refractivity contribution in [2.24, 2.45) is 11.3 Å². The number of hydrogen-bond acceptors (Lipinski definition) is 7. The number of carbonyl (C=O) groups excluding carboxylic acids is 2. The molecule has 0 fully saturated rings. The van der Waals surface area contributed by atoms with Crippen molar-refractivity contribution in [3.05, 3.63) is 99.7 Å². The number of amides is 1. The Hall–Kier alpha value is -4.24. The van der Waals surface area contributed by atoms with E-state index < -0.39 is 23.4 Å². The molecule has 0 bridgehead atoms. The number of ether oxygens (including phenoxy) is 1. The Morgan fingerprint density at radius 2 is 1.71 bits per heavy atom. The van der Waals surface area contributed by atoms with Crippen molar-refractivity contribution in [3.8, 4) is 0 Å². The number of carbonyl (C=O) groups is 2. The van der Waals surface area contributed by atoms with Crippen molar-refractivity contribution < 1.29 is 19.2 Å². The first-order valence-electron chi connectivity index (χ1n) is 14.0. The third-order valence-corrected chi connectivity index (χ3v) is 9.25. The third-order valence-electron chi connectivity index (χ3n) is 8.24. The molecular formula is C33H33N3O5S. The SMILES string of the molecule is CCC(C)(C)C1CCc2nc3ccccc3c(C(=O)OCC(=O)Nc3ccc(Sc4ccc([N+](=O)[O-])cc4)cc3)c2C1. The van der Waals surface area contributed by atoms with Crippen LogP contribution in [0.2, 0.25) is 0 Å². The lowest BCUT2D eigenvalue weighted by molar-refractivity contribution is -0.384. The zero-order chi connectivity index (χ0) is 29.9. The topological polar surface area (TPSA) is 111 Å². The molecule has 5 rings (SSSR count). The second kappa shape index (κ2) is 12.3. The van der Waals surface area contributed by atoms with E-state index in [-0.39, 0.29) is 11.1 Å². The number of aromatic nitrogens is 1. The van der Waals surface area contributed by atoms with Gasteiger partial charge in [0.25, 0.3) is 11.6 Å². The molecule has 8 nitrogen and oxygen atoms in total. The van der Waals surface area contributed by atoms with Gasteiger partial charge in [-0.05, 0) is 78.6 Å². The molecule has 0 saturated heterocycles. The molecule has 3 aromatic carbocycles. The van der Waals surface area contributed by atoms with Crippen LogP contribution in [0, 0.1) is 21.4 Å². The highest BCUT2D eigenvalue weighted by Crippen LogP contribution is 2.41. The van der Waals surface area contributed by atoms with E-state index in [1.807, 2.05) is 36.4 Å². The largest absolute Gasteiger partial charge is 0.452 e. The Balaban J connectivity index is 1.25. The fraction of sp³-hybridized carbons (Fsp3) is 0.303. The minimum absolute atomic E-state index is 0.0414. The summed E-state index contributed by atoms with van der Waals surface area (Å²) >= 11 is 1.45. The normalized spacial score (nSPS) is 14.7. The van der Waals surface area contributed by atoms with Crippen molar-refractivity contribution in [1.29, 1.82) is 0 Å². The number of nitro benzene ring substituents is 1. The number of pyridine rings is 1. The predicted octanol–water partition coefficient (Wildman–Crippen LogP) is 7.63. The minimum atomic E-state index is -0.509. The molecule has 9 heteroatoms. The third kappa shape index (κ3) is 6.46. The molecule has 1 aliphatic carbocycles. The highest BCUT2D eigenvalue weighted by molar-refractivity contribution is 7.99. The van der Waals surface area contributed by atoms with E-state index >= 15 is 0 Å². The summed E-state index contributed by atoms with van der Waals surface area (Å²) in [5.41, 5.74) is 3.92.